The normalized spacial score (nSPS) is 33.5. The summed E-state index contributed by atoms with van der Waals surface area (Å²) in [7, 11) is 0. The molecule has 2 aliphatic rings. The first-order chi connectivity index (χ1) is 9.55. The van der Waals surface area contributed by atoms with E-state index in [-0.39, 0.29) is 5.54 Å². The van der Waals surface area contributed by atoms with Crippen LogP contribution in [0.15, 0.2) is 0 Å². The van der Waals surface area contributed by atoms with Gasteiger partial charge in [0.15, 0.2) is 5.78 Å². The van der Waals surface area contributed by atoms with E-state index in [1.165, 1.54) is 19.3 Å². The van der Waals surface area contributed by atoms with E-state index in [0.29, 0.717) is 17.6 Å². The summed E-state index contributed by atoms with van der Waals surface area (Å²) in [6.07, 6.45) is 8.19. The number of carbonyl (C=O) groups excluding carboxylic acids is 1. The summed E-state index contributed by atoms with van der Waals surface area (Å²) in [4.78, 5) is 15.8. The van der Waals surface area contributed by atoms with Gasteiger partial charge in [-0.2, -0.15) is 0 Å². The molecule has 0 bridgehead atoms. The summed E-state index contributed by atoms with van der Waals surface area (Å²) in [5, 5.41) is 0. The van der Waals surface area contributed by atoms with Crippen LogP contribution in [-0.2, 0) is 4.79 Å². The topological polar surface area (TPSA) is 20.3 Å². The Kier molecular flexibility index (Phi) is 5.28. The lowest BCUT2D eigenvalue weighted by Crippen LogP contribution is -2.55. The molecule has 0 aromatic carbocycles. The molecule has 2 saturated carbocycles. The molecule has 3 atom stereocenters. The van der Waals surface area contributed by atoms with Crippen LogP contribution in [0.2, 0.25) is 0 Å². The number of nitrogens with zero attached hydrogens (tertiary/aromatic N) is 1. The SMILES string of the molecule is CCN(CC)C1(C(=O)C2CCC(C)C(C)C2)CCCC1. The first-order valence-electron chi connectivity index (χ1n) is 8.84. The molecule has 2 nitrogen and oxygen atoms in total. The van der Waals surface area contributed by atoms with Gasteiger partial charge in [0.25, 0.3) is 0 Å². The zero-order valence-electron chi connectivity index (χ0n) is 14.0. The van der Waals surface area contributed by atoms with Crippen molar-refractivity contribution in [1.29, 1.82) is 0 Å². The molecule has 2 rings (SSSR count). The smallest absolute Gasteiger partial charge is 0.156 e. The van der Waals surface area contributed by atoms with Crippen LogP contribution in [0.1, 0.15) is 72.6 Å². The lowest BCUT2D eigenvalue weighted by molar-refractivity contribution is -0.137. The molecule has 3 unspecified atom stereocenters. The van der Waals surface area contributed by atoms with Crippen LogP contribution in [0.3, 0.4) is 0 Å². The first-order valence-corrected chi connectivity index (χ1v) is 8.84. The highest BCUT2D eigenvalue weighted by atomic mass is 16.1. The fourth-order valence-corrected chi connectivity index (χ4v) is 4.67. The van der Waals surface area contributed by atoms with Crippen molar-refractivity contribution < 1.29 is 4.79 Å². The molecule has 2 aliphatic carbocycles. The molecule has 0 N–H and O–H groups in total. The number of likely N-dealkylation sites (N-methyl/N-ethyl adjacent to an activating group) is 1. The second-order valence-corrected chi connectivity index (χ2v) is 7.24. The zero-order valence-corrected chi connectivity index (χ0v) is 14.0. The van der Waals surface area contributed by atoms with Crippen molar-refractivity contribution in [3.05, 3.63) is 0 Å². The summed E-state index contributed by atoms with van der Waals surface area (Å²) < 4.78 is 0. The van der Waals surface area contributed by atoms with Crippen molar-refractivity contribution in [3.8, 4) is 0 Å². The Morgan fingerprint density at radius 1 is 1.05 bits per heavy atom. The minimum Gasteiger partial charge on any atom is -0.297 e. The van der Waals surface area contributed by atoms with Crippen LogP contribution in [0.5, 0.6) is 0 Å². The minimum atomic E-state index is -0.103. The second-order valence-electron chi connectivity index (χ2n) is 7.24. The third-order valence-corrected chi connectivity index (χ3v) is 6.23. The van der Waals surface area contributed by atoms with Crippen LogP contribution in [-0.4, -0.2) is 29.3 Å². The molecular weight excluding hydrogens is 246 g/mol. The van der Waals surface area contributed by atoms with Crippen LogP contribution < -0.4 is 0 Å². The summed E-state index contributed by atoms with van der Waals surface area (Å²) >= 11 is 0. The van der Waals surface area contributed by atoms with E-state index in [1.54, 1.807) is 0 Å². The third kappa shape index (κ3) is 2.81. The van der Waals surface area contributed by atoms with E-state index < -0.39 is 0 Å². The number of carbonyl (C=O) groups is 1. The number of hydrogen-bond donors (Lipinski definition) is 0. The largest absolute Gasteiger partial charge is 0.297 e. The van der Waals surface area contributed by atoms with Gasteiger partial charge in [-0.3, -0.25) is 9.69 Å². The summed E-state index contributed by atoms with van der Waals surface area (Å²) in [6, 6.07) is 0. The standard InChI is InChI=1S/C18H33NO/c1-5-19(6-2)18(11-7-8-12-18)17(20)16-10-9-14(3)15(4)13-16/h14-16H,5-13H2,1-4H3. The van der Waals surface area contributed by atoms with E-state index in [0.717, 1.165) is 44.7 Å². The first kappa shape index (κ1) is 16.0. The van der Waals surface area contributed by atoms with Gasteiger partial charge in [-0.25, -0.2) is 0 Å². The third-order valence-electron chi connectivity index (χ3n) is 6.23. The average molecular weight is 279 g/mol. The Hall–Kier alpha value is -0.370. The molecule has 0 heterocycles. The maximum absolute atomic E-state index is 13.3. The number of hydrogen-bond acceptors (Lipinski definition) is 2. The quantitative estimate of drug-likeness (QED) is 0.748. The van der Waals surface area contributed by atoms with E-state index in [9.17, 15) is 4.79 Å². The summed E-state index contributed by atoms with van der Waals surface area (Å²) in [5.74, 6) is 2.44. The molecule has 0 amide bonds. The van der Waals surface area contributed by atoms with Crippen LogP contribution >= 0.6 is 0 Å². The number of rotatable bonds is 5. The van der Waals surface area contributed by atoms with E-state index >= 15 is 0 Å². The highest BCUT2D eigenvalue weighted by Crippen LogP contribution is 2.42. The second kappa shape index (κ2) is 6.60. The minimum absolute atomic E-state index is 0.103. The maximum atomic E-state index is 13.3. The predicted octanol–water partition coefficient (Wildman–Crippen LogP) is 4.28. The van der Waals surface area contributed by atoms with Gasteiger partial charge < -0.3 is 0 Å². The van der Waals surface area contributed by atoms with Crippen molar-refractivity contribution in [3.63, 3.8) is 0 Å². The van der Waals surface area contributed by atoms with Gasteiger partial charge in [0.05, 0.1) is 5.54 Å². The monoisotopic (exact) mass is 279 g/mol. The molecular formula is C18H33NO. The molecule has 0 aliphatic heterocycles. The van der Waals surface area contributed by atoms with Crippen LogP contribution in [0.25, 0.3) is 0 Å². The highest BCUT2D eigenvalue weighted by Gasteiger charge is 2.47. The fourth-order valence-electron chi connectivity index (χ4n) is 4.67. The lowest BCUT2D eigenvalue weighted by Gasteiger charge is -2.43. The summed E-state index contributed by atoms with van der Waals surface area (Å²) in [6.45, 7) is 11.1. The molecule has 0 aromatic heterocycles. The molecule has 0 aromatic rings. The number of ketones is 1. The Morgan fingerprint density at radius 3 is 2.15 bits per heavy atom. The Morgan fingerprint density at radius 2 is 1.65 bits per heavy atom. The molecule has 116 valence electrons. The highest BCUT2D eigenvalue weighted by molar-refractivity contribution is 5.91. The Bertz CT molecular complexity index is 328. The maximum Gasteiger partial charge on any atom is 0.156 e. The van der Waals surface area contributed by atoms with Gasteiger partial charge in [0, 0.05) is 5.92 Å². The van der Waals surface area contributed by atoms with Crippen molar-refractivity contribution in [2.24, 2.45) is 17.8 Å². The van der Waals surface area contributed by atoms with Gasteiger partial charge in [0.1, 0.15) is 0 Å². The van der Waals surface area contributed by atoms with E-state index in [1.807, 2.05) is 0 Å². The van der Waals surface area contributed by atoms with Crippen molar-refractivity contribution >= 4 is 5.78 Å². The van der Waals surface area contributed by atoms with Crippen molar-refractivity contribution in [2.45, 2.75) is 78.2 Å². The van der Waals surface area contributed by atoms with Gasteiger partial charge in [0.2, 0.25) is 0 Å². The van der Waals surface area contributed by atoms with Gasteiger partial charge in [-0.15, -0.1) is 0 Å². The fraction of sp³-hybridized carbons (Fsp3) is 0.944. The molecule has 0 radical (unpaired) electrons. The van der Waals surface area contributed by atoms with Crippen molar-refractivity contribution in [2.75, 3.05) is 13.1 Å². The van der Waals surface area contributed by atoms with E-state index in [2.05, 4.69) is 32.6 Å². The zero-order chi connectivity index (χ0) is 14.8. The van der Waals surface area contributed by atoms with Gasteiger partial charge in [-0.05, 0) is 57.0 Å². The van der Waals surface area contributed by atoms with Gasteiger partial charge >= 0.3 is 0 Å². The molecule has 2 fully saturated rings. The molecule has 20 heavy (non-hydrogen) atoms. The Balaban J connectivity index is 2.15. The Labute approximate surface area is 125 Å². The van der Waals surface area contributed by atoms with Crippen LogP contribution in [0, 0.1) is 17.8 Å². The van der Waals surface area contributed by atoms with Crippen molar-refractivity contribution in [1.82, 2.24) is 4.90 Å². The number of Topliss-reactive ketones (excluding diaryl/α,β-unsaturated/α-hetero) is 1. The molecule has 0 saturated heterocycles. The lowest BCUT2D eigenvalue weighted by atomic mass is 9.70. The van der Waals surface area contributed by atoms with Crippen LogP contribution in [0.4, 0.5) is 0 Å². The van der Waals surface area contributed by atoms with E-state index in [4.69, 9.17) is 0 Å². The van der Waals surface area contributed by atoms with Gasteiger partial charge in [-0.1, -0.05) is 40.5 Å². The molecule has 2 heteroatoms. The summed E-state index contributed by atoms with van der Waals surface area (Å²) in [5.41, 5.74) is -0.103. The molecule has 0 spiro atoms. The average Bonchev–Trinajstić information content (AvgIpc) is 2.93. The predicted molar refractivity (Wildman–Crippen MR) is 84.8 cm³/mol.